The van der Waals surface area contributed by atoms with Crippen LogP contribution in [0.15, 0.2) is 54.6 Å². The highest BCUT2D eigenvalue weighted by Crippen LogP contribution is 2.28. The smallest absolute Gasteiger partial charge is 0.254 e. The number of benzene rings is 2. The lowest BCUT2D eigenvalue weighted by molar-refractivity contribution is 0.622. The summed E-state index contributed by atoms with van der Waals surface area (Å²) in [6.07, 6.45) is 0.878. The molecule has 2 aromatic heterocycles. The van der Waals surface area contributed by atoms with E-state index in [9.17, 15) is 4.39 Å². The first kappa shape index (κ1) is 19.5. The molecule has 7 heteroatoms. The third-order valence-electron chi connectivity index (χ3n) is 5.92. The number of hydrogen-bond acceptors (Lipinski definition) is 5. The number of piperazine rings is 1. The number of nitrogens with zero attached hydrogens (tertiary/aromatic N) is 6. The van der Waals surface area contributed by atoms with Crippen LogP contribution in [0.1, 0.15) is 18.2 Å². The van der Waals surface area contributed by atoms with Crippen molar-refractivity contribution < 1.29 is 4.39 Å². The Hall–Kier alpha value is -3.48. The van der Waals surface area contributed by atoms with Crippen LogP contribution in [0.25, 0.3) is 17.2 Å². The molecule has 0 bridgehead atoms. The van der Waals surface area contributed by atoms with Gasteiger partial charge in [-0.2, -0.15) is 9.50 Å². The molecule has 1 saturated heterocycles. The zero-order chi connectivity index (χ0) is 21.4. The van der Waals surface area contributed by atoms with E-state index in [2.05, 4.69) is 16.7 Å². The predicted molar refractivity (Wildman–Crippen MR) is 121 cm³/mol. The zero-order valence-electron chi connectivity index (χ0n) is 17.8. The maximum Gasteiger partial charge on any atom is 0.254 e. The second kappa shape index (κ2) is 7.98. The van der Waals surface area contributed by atoms with E-state index < -0.39 is 0 Å². The summed E-state index contributed by atoms with van der Waals surface area (Å²) >= 11 is 0. The Labute approximate surface area is 181 Å². The number of rotatable bonds is 4. The molecule has 2 aromatic carbocycles. The third-order valence-corrected chi connectivity index (χ3v) is 5.92. The largest absolute Gasteiger partial charge is 0.368 e. The fourth-order valence-corrected chi connectivity index (χ4v) is 4.30. The van der Waals surface area contributed by atoms with Gasteiger partial charge in [-0.05, 0) is 37.6 Å². The lowest BCUT2D eigenvalue weighted by Gasteiger charge is -2.38. The van der Waals surface area contributed by atoms with Crippen molar-refractivity contribution >= 4 is 17.3 Å². The summed E-state index contributed by atoms with van der Waals surface area (Å²) in [5, 5.41) is 4.84. The molecule has 1 fully saturated rings. The van der Waals surface area contributed by atoms with Gasteiger partial charge in [0.1, 0.15) is 11.6 Å². The Morgan fingerprint density at radius 2 is 1.55 bits per heavy atom. The zero-order valence-corrected chi connectivity index (χ0v) is 17.8. The van der Waals surface area contributed by atoms with Gasteiger partial charge in [-0.1, -0.05) is 37.3 Å². The molecule has 0 unspecified atom stereocenters. The van der Waals surface area contributed by atoms with Gasteiger partial charge < -0.3 is 9.80 Å². The maximum absolute atomic E-state index is 13.3. The van der Waals surface area contributed by atoms with Gasteiger partial charge in [-0.3, -0.25) is 0 Å². The van der Waals surface area contributed by atoms with Crippen LogP contribution in [0.2, 0.25) is 0 Å². The van der Waals surface area contributed by atoms with E-state index >= 15 is 0 Å². The summed E-state index contributed by atoms with van der Waals surface area (Å²) in [6, 6.07) is 16.7. The highest BCUT2D eigenvalue weighted by Gasteiger charge is 2.24. The topological polar surface area (TPSA) is 49.6 Å². The van der Waals surface area contributed by atoms with Crippen LogP contribution in [0.4, 0.5) is 15.9 Å². The molecule has 31 heavy (non-hydrogen) atoms. The molecule has 3 heterocycles. The predicted octanol–water partition coefficient (Wildman–Crippen LogP) is 4.13. The van der Waals surface area contributed by atoms with Crippen molar-refractivity contribution in [2.24, 2.45) is 0 Å². The van der Waals surface area contributed by atoms with E-state index in [1.807, 2.05) is 53.9 Å². The molecule has 5 rings (SSSR count). The number of anilines is 2. The van der Waals surface area contributed by atoms with E-state index in [1.165, 1.54) is 17.7 Å². The van der Waals surface area contributed by atoms with Crippen molar-refractivity contribution in [3.8, 4) is 11.4 Å². The van der Waals surface area contributed by atoms with Crippen molar-refractivity contribution in [3.63, 3.8) is 0 Å². The molecular formula is C24H25FN6. The van der Waals surface area contributed by atoms with Crippen molar-refractivity contribution in [1.29, 1.82) is 0 Å². The fraction of sp³-hybridized carbons (Fsp3) is 0.292. The number of fused-ring (bicyclic) bond motifs is 1. The molecule has 0 atom stereocenters. The van der Waals surface area contributed by atoms with Crippen LogP contribution in [0.5, 0.6) is 0 Å². The van der Waals surface area contributed by atoms with Gasteiger partial charge in [-0.25, -0.2) is 9.37 Å². The molecule has 1 aliphatic rings. The fourth-order valence-electron chi connectivity index (χ4n) is 4.30. The van der Waals surface area contributed by atoms with Crippen LogP contribution in [0, 0.1) is 12.7 Å². The lowest BCUT2D eigenvalue weighted by Crippen LogP contribution is -2.47. The van der Waals surface area contributed by atoms with Gasteiger partial charge in [-0.15, -0.1) is 5.10 Å². The van der Waals surface area contributed by atoms with Gasteiger partial charge >= 0.3 is 0 Å². The molecule has 0 aliphatic carbocycles. The summed E-state index contributed by atoms with van der Waals surface area (Å²) in [4.78, 5) is 14.1. The van der Waals surface area contributed by atoms with Crippen molar-refractivity contribution in [1.82, 2.24) is 19.6 Å². The Bertz CT molecular complexity index is 1190. The molecule has 0 spiro atoms. The first-order chi connectivity index (χ1) is 15.1. The molecule has 0 N–H and O–H groups in total. The average Bonchev–Trinajstić information content (AvgIpc) is 3.23. The van der Waals surface area contributed by atoms with Gasteiger partial charge in [0.05, 0.1) is 0 Å². The molecule has 0 saturated carbocycles. The normalized spacial score (nSPS) is 14.4. The summed E-state index contributed by atoms with van der Waals surface area (Å²) in [7, 11) is 0. The highest BCUT2D eigenvalue weighted by atomic mass is 19.1. The van der Waals surface area contributed by atoms with Gasteiger partial charge in [0.15, 0.2) is 5.82 Å². The van der Waals surface area contributed by atoms with E-state index in [-0.39, 0.29) is 5.82 Å². The lowest BCUT2D eigenvalue weighted by atomic mass is 10.1. The maximum atomic E-state index is 13.3. The molecule has 1 aliphatic heterocycles. The first-order valence-electron chi connectivity index (χ1n) is 10.7. The molecule has 0 radical (unpaired) electrons. The minimum Gasteiger partial charge on any atom is -0.368 e. The summed E-state index contributed by atoms with van der Waals surface area (Å²) < 4.78 is 15.2. The number of hydrogen-bond donors (Lipinski definition) is 0. The molecule has 6 nitrogen and oxygen atoms in total. The van der Waals surface area contributed by atoms with E-state index in [0.717, 1.165) is 55.4 Å². The molecule has 158 valence electrons. The van der Waals surface area contributed by atoms with E-state index in [1.54, 1.807) is 0 Å². The van der Waals surface area contributed by atoms with E-state index in [4.69, 9.17) is 15.1 Å². The van der Waals surface area contributed by atoms with Crippen molar-refractivity contribution in [2.75, 3.05) is 36.0 Å². The molecule has 4 aromatic rings. The molecular weight excluding hydrogens is 391 g/mol. The summed E-state index contributed by atoms with van der Waals surface area (Å²) in [6.45, 7) is 7.62. The monoisotopic (exact) mass is 416 g/mol. The second-order valence-corrected chi connectivity index (χ2v) is 7.82. The highest BCUT2D eigenvalue weighted by molar-refractivity contribution is 5.61. The quantitative estimate of drug-likeness (QED) is 0.501. The first-order valence-corrected chi connectivity index (χ1v) is 10.7. The Balaban J connectivity index is 1.50. The molecule has 0 amide bonds. The number of aryl methyl sites for hydroxylation is 1. The Kier molecular flexibility index (Phi) is 5.02. The van der Waals surface area contributed by atoms with Crippen LogP contribution in [-0.2, 0) is 6.42 Å². The van der Waals surface area contributed by atoms with Crippen LogP contribution in [-0.4, -0.2) is 45.8 Å². The SMILES string of the molecule is CCc1c(C)nc2nc(-c3ccccc3)nn2c1N1CCN(c2ccc(F)cc2)CC1. The second-order valence-electron chi connectivity index (χ2n) is 7.82. The van der Waals surface area contributed by atoms with Crippen LogP contribution < -0.4 is 9.80 Å². The van der Waals surface area contributed by atoms with Crippen LogP contribution >= 0.6 is 0 Å². The van der Waals surface area contributed by atoms with Crippen molar-refractivity contribution in [3.05, 3.63) is 71.7 Å². The standard InChI is InChI=1S/C24H25FN6/c1-3-21-17(2)26-24-27-22(18-7-5-4-6-8-18)28-31(24)23(21)30-15-13-29(14-16-30)20-11-9-19(25)10-12-20/h4-12H,3,13-16H2,1-2H3. The summed E-state index contributed by atoms with van der Waals surface area (Å²) in [5.41, 5.74) is 4.24. The third kappa shape index (κ3) is 3.60. The van der Waals surface area contributed by atoms with Gasteiger partial charge in [0.2, 0.25) is 0 Å². The van der Waals surface area contributed by atoms with Gasteiger partial charge in [0.25, 0.3) is 5.78 Å². The van der Waals surface area contributed by atoms with Crippen molar-refractivity contribution in [2.45, 2.75) is 20.3 Å². The average molecular weight is 417 g/mol. The van der Waals surface area contributed by atoms with Crippen LogP contribution in [0.3, 0.4) is 0 Å². The summed E-state index contributed by atoms with van der Waals surface area (Å²) in [5.74, 6) is 2.19. The Morgan fingerprint density at radius 3 is 2.23 bits per heavy atom. The van der Waals surface area contributed by atoms with Gasteiger partial charge in [0, 0.05) is 48.7 Å². The minimum absolute atomic E-state index is 0.204. The minimum atomic E-state index is -0.204. The number of aromatic nitrogens is 4. The van der Waals surface area contributed by atoms with E-state index in [0.29, 0.717) is 11.6 Å². The number of halogens is 1. The Morgan fingerprint density at radius 1 is 0.871 bits per heavy atom.